The van der Waals surface area contributed by atoms with Gasteiger partial charge in [0.15, 0.2) is 0 Å². The van der Waals surface area contributed by atoms with Crippen LogP contribution in [0.4, 0.5) is 0 Å². The number of phenolic OH excluding ortho intramolecular Hbond substituents is 1. The standard InChI is InChI=1S/C24H33Cl3OSi/c1-2-3-4-5-6-7-8-10-20-12-14-21(15-13-20)24-17-16-23(28)19-22(24)11-9-18-29(25,26)27/h12-17,19,28H,2-11,18H2,1H3. The maximum Gasteiger partial charge on any atom is 0.341 e. The van der Waals surface area contributed by atoms with Gasteiger partial charge in [0, 0.05) is 0 Å². The van der Waals surface area contributed by atoms with Gasteiger partial charge in [-0.05, 0) is 66.1 Å². The first-order chi connectivity index (χ1) is 13.9. The fourth-order valence-corrected chi connectivity index (χ4v) is 5.47. The van der Waals surface area contributed by atoms with Crippen LogP contribution in [0.5, 0.6) is 5.75 Å². The van der Waals surface area contributed by atoms with Crippen molar-refractivity contribution < 1.29 is 5.11 Å². The Morgan fingerprint density at radius 3 is 2.07 bits per heavy atom. The zero-order valence-corrected chi connectivity index (χ0v) is 20.7. The second-order valence-corrected chi connectivity index (χ2v) is 17.2. The monoisotopic (exact) mass is 470 g/mol. The number of aromatic hydroxyl groups is 1. The highest BCUT2D eigenvalue weighted by molar-refractivity contribution is 7.64. The van der Waals surface area contributed by atoms with E-state index in [1.807, 2.05) is 12.1 Å². The highest BCUT2D eigenvalue weighted by Crippen LogP contribution is 2.31. The summed E-state index contributed by atoms with van der Waals surface area (Å²) in [6.07, 6.45) is 12.1. The van der Waals surface area contributed by atoms with Crippen LogP contribution in [0.15, 0.2) is 42.5 Å². The predicted molar refractivity (Wildman–Crippen MR) is 132 cm³/mol. The molecule has 0 fully saturated rings. The first-order valence-corrected chi connectivity index (χ1v) is 16.1. The topological polar surface area (TPSA) is 20.2 Å². The molecule has 0 bridgehead atoms. The van der Waals surface area contributed by atoms with Gasteiger partial charge in [0.1, 0.15) is 5.75 Å². The van der Waals surface area contributed by atoms with Crippen molar-refractivity contribution in [2.45, 2.75) is 77.2 Å². The van der Waals surface area contributed by atoms with Crippen LogP contribution in [0.25, 0.3) is 11.1 Å². The van der Waals surface area contributed by atoms with Gasteiger partial charge in [-0.15, -0.1) is 33.2 Å². The zero-order valence-electron chi connectivity index (χ0n) is 17.4. The van der Waals surface area contributed by atoms with Crippen LogP contribution >= 0.6 is 33.2 Å². The molecule has 0 radical (unpaired) electrons. The summed E-state index contributed by atoms with van der Waals surface area (Å²) in [6.45, 7) is 2.26. The fourth-order valence-electron chi connectivity index (χ4n) is 3.69. The summed E-state index contributed by atoms with van der Waals surface area (Å²) in [6, 6.07) is 12.4. The van der Waals surface area contributed by atoms with E-state index in [-0.39, 0.29) is 5.75 Å². The minimum absolute atomic E-state index is 0.283. The quantitative estimate of drug-likeness (QED) is 0.175. The van der Waals surface area contributed by atoms with Crippen LogP contribution in [-0.4, -0.2) is 11.1 Å². The second kappa shape index (κ2) is 12.9. The Labute approximate surface area is 191 Å². The summed E-state index contributed by atoms with van der Waals surface area (Å²) >= 11 is 18.0. The first-order valence-electron chi connectivity index (χ1n) is 10.9. The molecule has 0 aliphatic heterocycles. The van der Waals surface area contributed by atoms with Gasteiger partial charge in [-0.2, -0.15) is 0 Å². The normalized spacial score (nSPS) is 11.7. The van der Waals surface area contributed by atoms with Crippen molar-refractivity contribution in [3.8, 4) is 16.9 Å². The average molecular weight is 472 g/mol. The van der Waals surface area contributed by atoms with E-state index >= 15 is 0 Å². The summed E-state index contributed by atoms with van der Waals surface area (Å²) in [5.41, 5.74) is 4.82. The van der Waals surface area contributed by atoms with Gasteiger partial charge in [0.05, 0.1) is 0 Å². The van der Waals surface area contributed by atoms with Gasteiger partial charge >= 0.3 is 6.00 Å². The van der Waals surface area contributed by atoms with E-state index in [9.17, 15) is 5.11 Å². The van der Waals surface area contributed by atoms with Crippen LogP contribution < -0.4 is 0 Å². The predicted octanol–water partition coefficient (Wildman–Crippen LogP) is 8.94. The summed E-state index contributed by atoms with van der Waals surface area (Å²) in [4.78, 5) is 0. The molecule has 29 heavy (non-hydrogen) atoms. The molecule has 0 aromatic heterocycles. The SMILES string of the molecule is CCCCCCCCCc1ccc(-c2ccc(O)cc2CCC[Si](Cl)(Cl)Cl)cc1. The lowest BCUT2D eigenvalue weighted by Gasteiger charge is -2.13. The fraction of sp³-hybridized carbons (Fsp3) is 0.500. The molecule has 0 aliphatic carbocycles. The molecule has 0 heterocycles. The molecule has 1 N–H and O–H groups in total. The molecule has 0 spiro atoms. The Morgan fingerprint density at radius 1 is 0.759 bits per heavy atom. The van der Waals surface area contributed by atoms with Crippen molar-refractivity contribution in [2.75, 3.05) is 0 Å². The van der Waals surface area contributed by atoms with Crippen LogP contribution in [-0.2, 0) is 12.8 Å². The molecule has 0 saturated heterocycles. The third kappa shape index (κ3) is 9.78. The minimum atomic E-state index is -2.60. The second-order valence-electron chi connectivity index (χ2n) is 7.88. The van der Waals surface area contributed by atoms with Crippen molar-refractivity contribution in [1.82, 2.24) is 0 Å². The van der Waals surface area contributed by atoms with E-state index in [2.05, 4.69) is 31.2 Å². The molecule has 0 atom stereocenters. The Hall–Kier alpha value is -0.673. The maximum atomic E-state index is 9.91. The van der Waals surface area contributed by atoms with Crippen molar-refractivity contribution >= 4 is 39.2 Å². The molecule has 5 heteroatoms. The molecule has 2 aromatic rings. The van der Waals surface area contributed by atoms with E-state index in [0.29, 0.717) is 6.04 Å². The zero-order chi connectivity index (χ0) is 21.1. The van der Waals surface area contributed by atoms with Crippen molar-refractivity contribution in [3.63, 3.8) is 0 Å². The molecule has 160 valence electrons. The van der Waals surface area contributed by atoms with E-state index in [1.165, 1.54) is 56.1 Å². The number of hydrogen-bond acceptors (Lipinski definition) is 1. The van der Waals surface area contributed by atoms with E-state index in [1.54, 1.807) is 6.07 Å². The molecular weight excluding hydrogens is 439 g/mol. The third-order valence-electron chi connectivity index (χ3n) is 5.33. The number of benzene rings is 2. The molecule has 0 amide bonds. The van der Waals surface area contributed by atoms with Crippen molar-refractivity contribution in [2.24, 2.45) is 0 Å². The van der Waals surface area contributed by atoms with Gasteiger partial charge in [-0.3, -0.25) is 0 Å². The molecule has 2 aromatic carbocycles. The largest absolute Gasteiger partial charge is 0.508 e. The summed E-state index contributed by atoms with van der Waals surface area (Å²) in [5, 5.41) is 9.91. The minimum Gasteiger partial charge on any atom is -0.508 e. The highest BCUT2D eigenvalue weighted by Gasteiger charge is 2.24. The third-order valence-corrected chi connectivity index (χ3v) is 7.95. The van der Waals surface area contributed by atoms with Crippen LogP contribution in [0.1, 0.15) is 69.4 Å². The Balaban J connectivity index is 1.91. The number of rotatable bonds is 13. The molecule has 2 rings (SSSR count). The smallest absolute Gasteiger partial charge is 0.341 e. The van der Waals surface area contributed by atoms with Crippen LogP contribution in [0.3, 0.4) is 0 Å². The lowest BCUT2D eigenvalue weighted by atomic mass is 9.95. The molecule has 0 aliphatic rings. The van der Waals surface area contributed by atoms with Crippen LogP contribution in [0, 0.1) is 0 Å². The Bertz CT molecular complexity index is 726. The summed E-state index contributed by atoms with van der Waals surface area (Å²) < 4.78 is 0. The molecular formula is C24H33Cl3OSi. The average Bonchev–Trinajstić information content (AvgIpc) is 2.67. The highest BCUT2D eigenvalue weighted by atomic mass is 35.8. The molecule has 0 unspecified atom stereocenters. The maximum absolute atomic E-state index is 9.91. The van der Waals surface area contributed by atoms with E-state index < -0.39 is 6.00 Å². The summed E-state index contributed by atoms with van der Waals surface area (Å²) in [5.74, 6) is 0.283. The van der Waals surface area contributed by atoms with Gasteiger partial charge < -0.3 is 5.11 Å². The first kappa shape index (κ1) is 24.6. The number of hydrogen-bond donors (Lipinski definition) is 1. The lowest BCUT2D eigenvalue weighted by Crippen LogP contribution is -2.08. The van der Waals surface area contributed by atoms with E-state index in [4.69, 9.17) is 33.2 Å². The summed E-state index contributed by atoms with van der Waals surface area (Å²) in [7, 11) is 0. The Kier molecular flexibility index (Phi) is 10.9. The van der Waals surface area contributed by atoms with Gasteiger partial charge in [-0.1, -0.05) is 75.8 Å². The number of aryl methyl sites for hydroxylation is 2. The van der Waals surface area contributed by atoms with Gasteiger partial charge in [-0.25, -0.2) is 0 Å². The van der Waals surface area contributed by atoms with Crippen molar-refractivity contribution in [1.29, 1.82) is 0 Å². The van der Waals surface area contributed by atoms with Crippen molar-refractivity contribution in [3.05, 3.63) is 53.6 Å². The number of unbranched alkanes of at least 4 members (excludes halogenated alkanes) is 6. The van der Waals surface area contributed by atoms with E-state index in [0.717, 1.165) is 30.4 Å². The number of halogens is 3. The lowest BCUT2D eigenvalue weighted by molar-refractivity contribution is 0.474. The van der Waals surface area contributed by atoms with Gasteiger partial charge in [0.2, 0.25) is 0 Å². The molecule has 0 saturated carbocycles. The molecule has 1 nitrogen and oxygen atoms in total. The van der Waals surface area contributed by atoms with Crippen LogP contribution in [0.2, 0.25) is 6.04 Å². The number of phenols is 1. The van der Waals surface area contributed by atoms with Gasteiger partial charge in [0.25, 0.3) is 0 Å². The Morgan fingerprint density at radius 2 is 1.41 bits per heavy atom.